The first-order valence-corrected chi connectivity index (χ1v) is 8.20. The number of carbonyl (C=O) groups excluding carboxylic acids is 1. The molecular formula is C15H13ClN4O3S. The Labute approximate surface area is 146 Å². The van der Waals surface area contributed by atoms with Crippen molar-refractivity contribution in [1.82, 2.24) is 15.1 Å². The molecule has 0 aliphatic heterocycles. The molecule has 0 bridgehead atoms. The van der Waals surface area contributed by atoms with Gasteiger partial charge in [-0.2, -0.15) is 5.10 Å². The molecule has 2 aromatic heterocycles. The molecule has 1 aromatic carbocycles. The third-order valence-electron chi connectivity index (χ3n) is 3.58. The maximum Gasteiger partial charge on any atom is 0.270 e. The fourth-order valence-electron chi connectivity index (χ4n) is 2.39. The second kappa shape index (κ2) is 6.21. The number of fused-ring (bicyclic) bond motifs is 1. The number of aryl methyl sites for hydroxylation is 2. The average Bonchev–Trinajstić information content (AvgIpc) is 3.04. The fourth-order valence-corrected chi connectivity index (χ4v) is 3.86. The van der Waals surface area contributed by atoms with Crippen LogP contribution in [0.1, 0.15) is 20.9 Å². The molecule has 0 atom stereocenters. The maximum atomic E-state index is 12.4. The van der Waals surface area contributed by atoms with E-state index in [-0.39, 0.29) is 11.6 Å². The van der Waals surface area contributed by atoms with Crippen molar-refractivity contribution in [3.8, 4) is 0 Å². The predicted octanol–water partition coefficient (Wildman–Crippen LogP) is 3.43. The number of aromatic nitrogens is 2. The molecule has 0 aliphatic carbocycles. The number of non-ortho nitro benzene ring substituents is 1. The second-order valence-electron chi connectivity index (χ2n) is 5.28. The highest BCUT2D eigenvalue weighted by Crippen LogP contribution is 2.37. The van der Waals surface area contributed by atoms with Crippen molar-refractivity contribution < 1.29 is 9.72 Å². The minimum atomic E-state index is -0.474. The molecule has 0 aliphatic rings. The predicted molar refractivity (Wildman–Crippen MR) is 92.6 cm³/mol. The Hall–Kier alpha value is -2.45. The summed E-state index contributed by atoms with van der Waals surface area (Å²) in [4.78, 5) is 23.1. The Bertz CT molecular complexity index is 963. The van der Waals surface area contributed by atoms with Crippen LogP contribution in [-0.4, -0.2) is 20.6 Å². The van der Waals surface area contributed by atoms with Crippen LogP contribution in [0.5, 0.6) is 0 Å². The first kappa shape index (κ1) is 16.4. The van der Waals surface area contributed by atoms with Gasteiger partial charge >= 0.3 is 0 Å². The molecule has 24 heavy (non-hydrogen) atoms. The molecule has 124 valence electrons. The fraction of sp³-hybridized carbons (Fsp3) is 0.200. The zero-order valence-corrected chi connectivity index (χ0v) is 14.4. The first-order valence-electron chi connectivity index (χ1n) is 7.00. The molecule has 0 spiro atoms. The SMILES string of the molecule is Cc1nn(C)cc1CNC(=O)c1sc2cc([N+](=O)[O-])ccc2c1Cl. The lowest BCUT2D eigenvalue weighted by Gasteiger charge is -2.02. The Morgan fingerprint density at radius 1 is 1.50 bits per heavy atom. The van der Waals surface area contributed by atoms with Crippen LogP contribution in [-0.2, 0) is 13.6 Å². The third kappa shape index (κ3) is 2.98. The van der Waals surface area contributed by atoms with E-state index >= 15 is 0 Å². The third-order valence-corrected chi connectivity index (χ3v) is 5.24. The number of hydrogen-bond donors (Lipinski definition) is 1. The van der Waals surface area contributed by atoms with E-state index in [1.54, 1.807) is 10.7 Å². The summed E-state index contributed by atoms with van der Waals surface area (Å²) in [5.41, 5.74) is 1.73. The molecule has 2 heterocycles. The zero-order chi connectivity index (χ0) is 17.4. The molecule has 1 amide bonds. The van der Waals surface area contributed by atoms with Crippen molar-refractivity contribution >= 4 is 44.6 Å². The summed E-state index contributed by atoms with van der Waals surface area (Å²) in [6, 6.07) is 4.36. The molecule has 7 nitrogen and oxygen atoms in total. The molecule has 0 saturated carbocycles. The van der Waals surface area contributed by atoms with Gasteiger partial charge in [0, 0.05) is 47.6 Å². The highest BCUT2D eigenvalue weighted by atomic mass is 35.5. The van der Waals surface area contributed by atoms with Gasteiger partial charge in [-0.25, -0.2) is 0 Å². The number of hydrogen-bond acceptors (Lipinski definition) is 5. The number of nitro benzene ring substituents is 1. The van der Waals surface area contributed by atoms with Crippen molar-refractivity contribution in [2.45, 2.75) is 13.5 Å². The molecule has 0 fully saturated rings. The Kier molecular flexibility index (Phi) is 4.25. The van der Waals surface area contributed by atoms with Crippen LogP contribution in [0.25, 0.3) is 10.1 Å². The van der Waals surface area contributed by atoms with Crippen molar-refractivity contribution in [3.63, 3.8) is 0 Å². The minimum absolute atomic E-state index is 0.0293. The van der Waals surface area contributed by atoms with E-state index in [1.165, 1.54) is 12.1 Å². The topological polar surface area (TPSA) is 90.1 Å². The number of nitrogens with one attached hydrogen (secondary N) is 1. The van der Waals surface area contributed by atoms with Gasteiger partial charge in [0.25, 0.3) is 11.6 Å². The lowest BCUT2D eigenvalue weighted by atomic mass is 10.2. The Morgan fingerprint density at radius 2 is 2.25 bits per heavy atom. The summed E-state index contributed by atoms with van der Waals surface area (Å²) in [6.07, 6.45) is 1.84. The van der Waals surface area contributed by atoms with Gasteiger partial charge in [0.15, 0.2) is 0 Å². The first-order chi connectivity index (χ1) is 11.4. The van der Waals surface area contributed by atoms with Gasteiger partial charge in [-0.05, 0) is 13.0 Å². The molecule has 3 rings (SSSR count). The monoisotopic (exact) mass is 364 g/mol. The van der Waals surface area contributed by atoms with Crippen LogP contribution in [0, 0.1) is 17.0 Å². The highest BCUT2D eigenvalue weighted by Gasteiger charge is 2.19. The summed E-state index contributed by atoms with van der Waals surface area (Å²) in [5, 5.41) is 18.8. The van der Waals surface area contributed by atoms with Gasteiger partial charge in [-0.15, -0.1) is 11.3 Å². The van der Waals surface area contributed by atoms with Crippen molar-refractivity contribution in [2.75, 3.05) is 0 Å². The van der Waals surface area contributed by atoms with Crippen molar-refractivity contribution in [3.05, 3.63) is 55.7 Å². The molecule has 0 unspecified atom stereocenters. The number of halogens is 1. The van der Waals surface area contributed by atoms with Gasteiger partial charge in [-0.1, -0.05) is 11.6 Å². The molecule has 9 heteroatoms. The van der Waals surface area contributed by atoms with Gasteiger partial charge in [0.2, 0.25) is 0 Å². The van der Waals surface area contributed by atoms with Crippen LogP contribution < -0.4 is 5.32 Å². The molecule has 0 saturated heterocycles. The number of carbonyl (C=O) groups is 1. The lowest BCUT2D eigenvalue weighted by molar-refractivity contribution is -0.384. The van der Waals surface area contributed by atoms with E-state index in [0.29, 0.717) is 26.5 Å². The van der Waals surface area contributed by atoms with Gasteiger partial charge < -0.3 is 5.32 Å². The molecule has 3 aromatic rings. The average molecular weight is 365 g/mol. The lowest BCUT2D eigenvalue weighted by Crippen LogP contribution is -2.22. The molecule has 0 radical (unpaired) electrons. The van der Waals surface area contributed by atoms with E-state index in [0.717, 1.165) is 22.6 Å². The molecule has 1 N–H and O–H groups in total. The van der Waals surface area contributed by atoms with Gasteiger partial charge in [0.05, 0.1) is 15.6 Å². The second-order valence-corrected chi connectivity index (χ2v) is 6.71. The van der Waals surface area contributed by atoms with Gasteiger partial charge in [0.1, 0.15) is 4.88 Å². The zero-order valence-electron chi connectivity index (χ0n) is 12.9. The molecular weight excluding hydrogens is 352 g/mol. The van der Waals surface area contributed by atoms with E-state index in [4.69, 9.17) is 11.6 Å². The normalized spacial score (nSPS) is 11.0. The smallest absolute Gasteiger partial charge is 0.270 e. The van der Waals surface area contributed by atoms with Crippen molar-refractivity contribution in [1.29, 1.82) is 0 Å². The van der Waals surface area contributed by atoms with Crippen LogP contribution >= 0.6 is 22.9 Å². The number of nitrogens with zero attached hydrogens (tertiary/aromatic N) is 3. The number of nitro groups is 1. The van der Waals surface area contributed by atoms with Crippen LogP contribution in [0.15, 0.2) is 24.4 Å². The Balaban J connectivity index is 1.85. The van der Waals surface area contributed by atoms with E-state index in [2.05, 4.69) is 10.4 Å². The minimum Gasteiger partial charge on any atom is -0.347 e. The van der Waals surface area contributed by atoms with Crippen LogP contribution in [0.2, 0.25) is 5.02 Å². The van der Waals surface area contributed by atoms with Gasteiger partial charge in [-0.3, -0.25) is 19.6 Å². The number of benzene rings is 1. The highest BCUT2D eigenvalue weighted by molar-refractivity contribution is 7.21. The maximum absolute atomic E-state index is 12.4. The van der Waals surface area contributed by atoms with E-state index < -0.39 is 4.92 Å². The Morgan fingerprint density at radius 3 is 2.88 bits per heavy atom. The number of rotatable bonds is 4. The van der Waals surface area contributed by atoms with Crippen LogP contribution in [0.3, 0.4) is 0 Å². The summed E-state index contributed by atoms with van der Waals surface area (Å²) in [5.74, 6) is -0.313. The van der Waals surface area contributed by atoms with E-state index in [1.807, 2.05) is 20.2 Å². The quantitative estimate of drug-likeness (QED) is 0.567. The van der Waals surface area contributed by atoms with Crippen LogP contribution in [0.4, 0.5) is 5.69 Å². The summed E-state index contributed by atoms with van der Waals surface area (Å²) in [7, 11) is 1.81. The van der Waals surface area contributed by atoms with E-state index in [9.17, 15) is 14.9 Å². The standard InChI is InChI=1S/C15H13ClN4O3S/c1-8-9(7-19(2)18-8)6-17-15(21)14-13(16)11-4-3-10(20(22)23)5-12(11)24-14/h3-5,7H,6H2,1-2H3,(H,17,21). The number of thiophene rings is 1. The largest absolute Gasteiger partial charge is 0.347 e. The summed E-state index contributed by atoms with van der Waals surface area (Å²) < 4.78 is 2.29. The summed E-state index contributed by atoms with van der Waals surface area (Å²) in [6.45, 7) is 2.20. The van der Waals surface area contributed by atoms with Crippen molar-refractivity contribution in [2.24, 2.45) is 7.05 Å². The number of amides is 1. The summed E-state index contributed by atoms with van der Waals surface area (Å²) >= 11 is 7.40.